The molecule has 0 spiro atoms. The van der Waals surface area contributed by atoms with E-state index in [1.54, 1.807) is 11.8 Å². The predicted molar refractivity (Wildman–Crippen MR) is 87.4 cm³/mol. The molecule has 1 aliphatic heterocycles. The maximum Gasteiger partial charge on any atom is 0.239 e. The first-order chi connectivity index (χ1) is 10.6. The molecule has 0 bridgehead atoms. The molecule has 2 fully saturated rings. The van der Waals surface area contributed by atoms with Crippen molar-refractivity contribution in [3.63, 3.8) is 0 Å². The van der Waals surface area contributed by atoms with E-state index in [9.17, 15) is 9.59 Å². The van der Waals surface area contributed by atoms with Crippen LogP contribution in [-0.2, 0) is 9.59 Å². The van der Waals surface area contributed by atoms with Gasteiger partial charge in [-0.1, -0.05) is 31.0 Å². The molecule has 2 amide bonds. The summed E-state index contributed by atoms with van der Waals surface area (Å²) in [6.45, 7) is 1.15. The van der Waals surface area contributed by atoms with Crippen molar-refractivity contribution < 1.29 is 9.59 Å². The van der Waals surface area contributed by atoms with Gasteiger partial charge in [-0.15, -0.1) is 11.8 Å². The minimum absolute atomic E-state index is 0.177. The van der Waals surface area contributed by atoms with Crippen LogP contribution in [0.3, 0.4) is 0 Å². The molecule has 0 unspecified atom stereocenters. The monoisotopic (exact) mass is 318 g/mol. The number of hydrogen-bond acceptors (Lipinski definition) is 3. The van der Waals surface area contributed by atoms with Crippen LogP contribution in [0.5, 0.6) is 0 Å². The summed E-state index contributed by atoms with van der Waals surface area (Å²) in [7, 11) is 0. The molecule has 1 aromatic carbocycles. The number of primary amides is 1. The standard InChI is InChI=1S/C17H22N2O2S/c18-15(20)13-8-11-19(12-13)16(21)17(9-4-5-10-17)22-14-6-2-1-3-7-14/h1-3,6-7,13H,4-5,8-12H2,(H2,18,20)/t13-/m1/s1. The van der Waals surface area contributed by atoms with Gasteiger partial charge in [0.2, 0.25) is 11.8 Å². The molecule has 4 nitrogen and oxygen atoms in total. The Hall–Kier alpha value is -1.49. The predicted octanol–water partition coefficient (Wildman–Crippen LogP) is 2.43. The molecule has 1 atom stereocenters. The number of nitrogens with two attached hydrogens (primary N) is 1. The fourth-order valence-electron chi connectivity index (χ4n) is 3.48. The fourth-order valence-corrected chi connectivity index (χ4v) is 4.94. The molecule has 118 valence electrons. The number of benzene rings is 1. The molecule has 2 N–H and O–H groups in total. The van der Waals surface area contributed by atoms with Gasteiger partial charge in [0.15, 0.2) is 0 Å². The van der Waals surface area contributed by atoms with Crippen molar-refractivity contribution >= 4 is 23.6 Å². The van der Waals surface area contributed by atoms with Crippen molar-refractivity contribution in [1.82, 2.24) is 4.90 Å². The van der Waals surface area contributed by atoms with Crippen LogP contribution in [0.1, 0.15) is 32.1 Å². The largest absolute Gasteiger partial charge is 0.369 e. The van der Waals surface area contributed by atoms with E-state index in [0.29, 0.717) is 19.5 Å². The van der Waals surface area contributed by atoms with E-state index in [2.05, 4.69) is 12.1 Å². The lowest BCUT2D eigenvalue weighted by Gasteiger charge is -2.32. The Morgan fingerprint density at radius 1 is 1.18 bits per heavy atom. The van der Waals surface area contributed by atoms with Gasteiger partial charge in [0.05, 0.1) is 10.7 Å². The molecule has 1 aliphatic carbocycles. The minimum Gasteiger partial charge on any atom is -0.369 e. The van der Waals surface area contributed by atoms with E-state index in [0.717, 1.165) is 30.6 Å². The number of likely N-dealkylation sites (tertiary alicyclic amines) is 1. The van der Waals surface area contributed by atoms with Crippen LogP contribution in [-0.4, -0.2) is 34.6 Å². The Labute approximate surface area is 135 Å². The molecule has 1 heterocycles. The van der Waals surface area contributed by atoms with Gasteiger partial charge in [-0.05, 0) is 31.4 Å². The summed E-state index contributed by atoms with van der Waals surface area (Å²) < 4.78 is -0.353. The van der Waals surface area contributed by atoms with Crippen LogP contribution in [0.25, 0.3) is 0 Å². The molecule has 1 saturated carbocycles. The molecule has 0 aromatic heterocycles. The Kier molecular flexibility index (Phi) is 4.43. The second-order valence-corrected chi connectivity index (χ2v) is 7.71. The van der Waals surface area contributed by atoms with Crippen molar-refractivity contribution in [3.8, 4) is 0 Å². The summed E-state index contributed by atoms with van der Waals surface area (Å²) in [5, 5.41) is 0. The highest BCUT2D eigenvalue weighted by Gasteiger charge is 2.46. The van der Waals surface area contributed by atoms with E-state index in [1.807, 2.05) is 23.1 Å². The van der Waals surface area contributed by atoms with Gasteiger partial charge in [-0.25, -0.2) is 0 Å². The fraction of sp³-hybridized carbons (Fsp3) is 0.529. The number of carbonyl (C=O) groups excluding carboxylic acids is 2. The summed E-state index contributed by atoms with van der Waals surface area (Å²) in [6.07, 6.45) is 4.73. The van der Waals surface area contributed by atoms with Crippen LogP contribution < -0.4 is 5.73 Å². The topological polar surface area (TPSA) is 63.4 Å². The van der Waals surface area contributed by atoms with E-state index in [-0.39, 0.29) is 22.5 Å². The van der Waals surface area contributed by atoms with Crippen molar-refractivity contribution in [2.45, 2.75) is 41.7 Å². The van der Waals surface area contributed by atoms with E-state index < -0.39 is 0 Å². The first kappa shape index (κ1) is 15.4. The summed E-state index contributed by atoms with van der Waals surface area (Å²) in [5.41, 5.74) is 5.39. The number of carbonyl (C=O) groups is 2. The number of thioether (sulfide) groups is 1. The SMILES string of the molecule is NC(=O)[C@@H]1CCN(C(=O)C2(Sc3ccccc3)CCCC2)C1. The van der Waals surface area contributed by atoms with Crippen LogP contribution in [0, 0.1) is 5.92 Å². The number of hydrogen-bond donors (Lipinski definition) is 1. The molecule has 2 aliphatic rings. The van der Waals surface area contributed by atoms with E-state index >= 15 is 0 Å². The first-order valence-corrected chi connectivity index (χ1v) is 8.75. The number of rotatable bonds is 4. The van der Waals surface area contributed by atoms with E-state index in [4.69, 9.17) is 5.73 Å². The Morgan fingerprint density at radius 2 is 1.86 bits per heavy atom. The van der Waals surface area contributed by atoms with Crippen molar-refractivity contribution in [2.75, 3.05) is 13.1 Å². The van der Waals surface area contributed by atoms with Crippen molar-refractivity contribution in [3.05, 3.63) is 30.3 Å². The highest BCUT2D eigenvalue weighted by atomic mass is 32.2. The highest BCUT2D eigenvalue weighted by molar-refractivity contribution is 8.01. The third kappa shape index (κ3) is 3.00. The lowest BCUT2D eigenvalue weighted by Crippen LogP contribution is -2.44. The molecule has 3 rings (SSSR count). The third-order valence-corrected chi connectivity index (χ3v) is 6.22. The minimum atomic E-state index is -0.353. The molecule has 0 radical (unpaired) electrons. The average Bonchev–Trinajstić information content (AvgIpc) is 3.17. The summed E-state index contributed by atoms with van der Waals surface area (Å²) >= 11 is 1.70. The maximum atomic E-state index is 13.1. The number of amides is 2. The van der Waals surface area contributed by atoms with Gasteiger partial charge in [-0.2, -0.15) is 0 Å². The smallest absolute Gasteiger partial charge is 0.239 e. The van der Waals surface area contributed by atoms with Gasteiger partial charge >= 0.3 is 0 Å². The molecule has 1 aromatic rings. The molecule has 5 heteroatoms. The van der Waals surface area contributed by atoms with Crippen molar-refractivity contribution in [1.29, 1.82) is 0 Å². The zero-order chi connectivity index (χ0) is 15.6. The maximum absolute atomic E-state index is 13.1. The molecule has 1 saturated heterocycles. The van der Waals surface area contributed by atoms with Crippen LogP contribution in [0.15, 0.2) is 35.2 Å². The molecular formula is C17H22N2O2S. The molecule has 22 heavy (non-hydrogen) atoms. The number of nitrogens with zero attached hydrogens (tertiary/aromatic N) is 1. The second-order valence-electron chi connectivity index (χ2n) is 6.26. The zero-order valence-electron chi connectivity index (χ0n) is 12.7. The van der Waals surface area contributed by atoms with Crippen LogP contribution >= 0.6 is 11.8 Å². The van der Waals surface area contributed by atoms with Gasteiger partial charge in [0, 0.05) is 18.0 Å². The lowest BCUT2D eigenvalue weighted by molar-refractivity contribution is -0.133. The average molecular weight is 318 g/mol. The van der Waals surface area contributed by atoms with Gasteiger partial charge in [-0.3, -0.25) is 9.59 Å². The summed E-state index contributed by atoms with van der Waals surface area (Å²) in [6, 6.07) is 10.1. The zero-order valence-corrected chi connectivity index (χ0v) is 13.5. The normalized spacial score (nSPS) is 23.6. The second kappa shape index (κ2) is 6.32. The lowest BCUT2D eigenvalue weighted by atomic mass is 10.1. The van der Waals surface area contributed by atoms with Crippen LogP contribution in [0.2, 0.25) is 0 Å². The van der Waals surface area contributed by atoms with Gasteiger partial charge in [0.25, 0.3) is 0 Å². The third-order valence-electron chi connectivity index (χ3n) is 4.74. The Morgan fingerprint density at radius 3 is 2.45 bits per heavy atom. The van der Waals surface area contributed by atoms with Gasteiger partial charge in [0.1, 0.15) is 0 Å². The Bertz CT molecular complexity index is 555. The Balaban J connectivity index is 1.76. The van der Waals surface area contributed by atoms with E-state index in [1.165, 1.54) is 0 Å². The summed E-state index contributed by atoms with van der Waals surface area (Å²) in [4.78, 5) is 27.4. The van der Waals surface area contributed by atoms with Crippen molar-refractivity contribution in [2.24, 2.45) is 11.7 Å². The van der Waals surface area contributed by atoms with Gasteiger partial charge < -0.3 is 10.6 Å². The quantitative estimate of drug-likeness (QED) is 0.927. The highest BCUT2D eigenvalue weighted by Crippen LogP contribution is 2.47. The molecular weight excluding hydrogens is 296 g/mol. The summed E-state index contributed by atoms with van der Waals surface area (Å²) in [5.74, 6) is -0.266. The first-order valence-electron chi connectivity index (χ1n) is 7.93. The van der Waals surface area contributed by atoms with Crippen LogP contribution in [0.4, 0.5) is 0 Å².